The molecule has 0 amide bonds. The fourth-order valence-electron chi connectivity index (χ4n) is 0.321. The summed E-state index contributed by atoms with van der Waals surface area (Å²) in [4.78, 5) is 10.5. The van der Waals surface area contributed by atoms with Gasteiger partial charge in [-0.15, -0.1) is 0 Å². The maximum Gasteiger partial charge on any atom is 0.303 e. The molecule has 0 aliphatic rings. The first kappa shape index (κ1) is 4.45. The van der Waals surface area contributed by atoms with Crippen LogP contribution in [0.3, 0.4) is 0 Å². The van der Waals surface area contributed by atoms with Crippen molar-refractivity contribution in [3.8, 4) is 0 Å². The van der Waals surface area contributed by atoms with Crippen LogP contribution in [0.1, 0.15) is 40.4 Å². The number of rotatable bonds is 4. The Balaban J connectivity index is 5.05. The molecule has 0 bridgehead atoms. The van der Waals surface area contributed by atoms with Crippen LogP contribution < -0.4 is 5.32 Å². The fraction of sp³-hybridized carbons (Fsp3) is 0.875. The standard InChI is InChI=1S/C8H17NO2/c1-8(2,3)9-6-4-5-7(10)11/h9H,4-6H2,1-3H3,(H,10,11)/i4D2,5D,6D2. The van der Waals surface area contributed by atoms with E-state index < -0.39 is 30.8 Å². The molecule has 0 aliphatic heterocycles. The monoisotopic (exact) mass is 164 g/mol. The quantitative estimate of drug-likeness (QED) is 0.657. The maximum absolute atomic E-state index is 10.5. The molecule has 0 spiro atoms. The van der Waals surface area contributed by atoms with Crippen LogP contribution in [0.2, 0.25) is 0 Å². The van der Waals surface area contributed by atoms with Crippen LogP contribution in [0.25, 0.3) is 0 Å². The van der Waals surface area contributed by atoms with Gasteiger partial charge in [-0.25, -0.2) is 0 Å². The van der Waals surface area contributed by atoms with Crippen molar-refractivity contribution >= 4 is 5.97 Å². The molecule has 0 saturated carbocycles. The number of carbonyl (C=O) groups is 1. The molecule has 1 unspecified atom stereocenters. The predicted octanol–water partition coefficient (Wildman–Crippen LogP) is 1.24. The van der Waals surface area contributed by atoms with Gasteiger partial charge in [0.1, 0.15) is 0 Å². The highest BCUT2D eigenvalue weighted by Gasteiger charge is 2.07. The predicted molar refractivity (Wildman–Crippen MR) is 44.6 cm³/mol. The van der Waals surface area contributed by atoms with Crippen molar-refractivity contribution in [3.63, 3.8) is 0 Å². The van der Waals surface area contributed by atoms with Crippen molar-refractivity contribution in [2.24, 2.45) is 0 Å². The van der Waals surface area contributed by atoms with Crippen molar-refractivity contribution in [3.05, 3.63) is 0 Å². The number of hydrogen-bond donors (Lipinski definition) is 2. The summed E-state index contributed by atoms with van der Waals surface area (Å²) in [5, 5.41) is 10.9. The molecule has 0 aromatic carbocycles. The van der Waals surface area contributed by atoms with E-state index in [2.05, 4.69) is 5.32 Å². The Morgan fingerprint density at radius 3 is 2.55 bits per heavy atom. The maximum atomic E-state index is 10.5. The lowest BCUT2D eigenvalue weighted by molar-refractivity contribution is -0.137. The average Bonchev–Trinajstić information content (AvgIpc) is 1.97. The summed E-state index contributed by atoms with van der Waals surface area (Å²) in [6.07, 6.45) is -5.01. The van der Waals surface area contributed by atoms with Crippen molar-refractivity contribution in [1.82, 2.24) is 5.32 Å². The van der Waals surface area contributed by atoms with Crippen LogP contribution in [0.4, 0.5) is 0 Å². The number of carboxylic acids is 1. The van der Waals surface area contributed by atoms with Crippen LogP contribution >= 0.6 is 0 Å². The molecule has 2 N–H and O–H groups in total. The van der Waals surface area contributed by atoms with Gasteiger partial charge in [0.05, 0.1) is 0 Å². The van der Waals surface area contributed by atoms with E-state index >= 15 is 0 Å². The van der Waals surface area contributed by atoms with E-state index in [0.717, 1.165) is 0 Å². The molecular weight excluding hydrogens is 142 g/mol. The minimum Gasteiger partial charge on any atom is -0.481 e. The van der Waals surface area contributed by atoms with Crippen molar-refractivity contribution in [2.75, 3.05) is 6.50 Å². The highest BCUT2D eigenvalue weighted by molar-refractivity contribution is 5.66. The SMILES string of the molecule is [2H]C(C(=O)O)C([2H])([2H])C([2H])([2H])NC(C)(C)C. The van der Waals surface area contributed by atoms with Crippen LogP contribution in [0.15, 0.2) is 0 Å². The molecule has 66 valence electrons. The third-order valence-electron chi connectivity index (χ3n) is 0.705. The van der Waals surface area contributed by atoms with Crippen molar-refractivity contribution in [1.29, 1.82) is 0 Å². The summed E-state index contributed by atoms with van der Waals surface area (Å²) < 4.78 is 37.0. The molecule has 0 aliphatic carbocycles. The van der Waals surface area contributed by atoms with Crippen molar-refractivity contribution in [2.45, 2.75) is 39.1 Å². The third-order valence-corrected chi connectivity index (χ3v) is 0.705. The second kappa shape index (κ2) is 4.34. The molecule has 3 heteroatoms. The number of aliphatic carboxylic acids is 1. The highest BCUT2D eigenvalue weighted by Crippen LogP contribution is 1.98. The van der Waals surface area contributed by atoms with E-state index in [1.165, 1.54) is 0 Å². The Hall–Kier alpha value is -0.570. The van der Waals surface area contributed by atoms with E-state index in [1.807, 2.05) is 0 Å². The van der Waals surface area contributed by atoms with Gasteiger partial charge in [-0.2, -0.15) is 0 Å². The molecule has 1 atom stereocenters. The van der Waals surface area contributed by atoms with Gasteiger partial charge in [0, 0.05) is 18.8 Å². The minimum atomic E-state index is -2.83. The van der Waals surface area contributed by atoms with Crippen LogP contribution in [-0.4, -0.2) is 23.1 Å². The Labute approximate surface area is 74.8 Å². The molecule has 11 heavy (non-hydrogen) atoms. The molecule has 0 fully saturated rings. The lowest BCUT2D eigenvalue weighted by atomic mass is 10.1. The first-order chi connectivity index (χ1) is 6.81. The van der Waals surface area contributed by atoms with Gasteiger partial charge < -0.3 is 10.4 Å². The molecule has 0 rings (SSSR count). The van der Waals surface area contributed by atoms with Gasteiger partial charge in [-0.3, -0.25) is 4.79 Å². The topological polar surface area (TPSA) is 49.3 Å². The zero-order valence-electron chi connectivity index (χ0n) is 11.9. The first-order valence-electron chi connectivity index (χ1n) is 5.83. The summed E-state index contributed by atoms with van der Waals surface area (Å²) in [6.45, 7) is 2.28. The Kier molecular flexibility index (Phi) is 1.76. The zero-order chi connectivity index (χ0) is 13.4. The van der Waals surface area contributed by atoms with Gasteiger partial charge in [-0.05, 0) is 33.6 Å². The summed E-state index contributed by atoms with van der Waals surface area (Å²) in [5.41, 5.74) is -0.727. The summed E-state index contributed by atoms with van der Waals surface area (Å²) in [5.74, 6) is -1.69. The second-order valence-electron chi connectivity index (χ2n) is 3.13. The van der Waals surface area contributed by atoms with E-state index in [9.17, 15) is 4.79 Å². The zero-order valence-corrected chi connectivity index (χ0v) is 6.93. The molecular formula is C8H17NO2. The molecule has 0 saturated heterocycles. The van der Waals surface area contributed by atoms with Gasteiger partial charge >= 0.3 is 5.97 Å². The van der Waals surface area contributed by atoms with Gasteiger partial charge in [0.15, 0.2) is 0 Å². The first-order valence-corrected chi connectivity index (χ1v) is 3.26. The van der Waals surface area contributed by atoms with Crippen LogP contribution in [-0.2, 0) is 4.79 Å². The lowest BCUT2D eigenvalue weighted by Crippen LogP contribution is -2.36. The van der Waals surface area contributed by atoms with E-state index in [1.54, 1.807) is 20.8 Å². The van der Waals surface area contributed by atoms with E-state index in [4.69, 9.17) is 12.0 Å². The van der Waals surface area contributed by atoms with Gasteiger partial charge in [0.25, 0.3) is 0 Å². The van der Waals surface area contributed by atoms with Gasteiger partial charge in [-0.1, -0.05) is 0 Å². The van der Waals surface area contributed by atoms with Crippen LogP contribution in [0.5, 0.6) is 0 Å². The second-order valence-corrected chi connectivity index (χ2v) is 3.13. The minimum absolute atomic E-state index is 0.727. The summed E-state index contributed by atoms with van der Waals surface area (Å²) >= 11 is 0. The normalized spacial score (nSPS) is 23.7. The Morgan fingerprint density at radius 2 is 2.18 bits per heavy atom. The van der Waals surface area contributed by atoms with E-state index in [-0.39, 0.29) is 0 Å². The molecule has 0 aromatic heterocycles. The summed E-state index contributed by atoms with van der Waals surface area (Å²) in [6, 6.07) is 0. The molecule has 3 nitrogen and oxygen atoms in total. The molecule has 0 aromatic rings. The van der Waals surface area contributed by atoms with Crippen LogP contribution in [0, 0.1) is 0 Å². The number of carboxylic acid groups (broad SMARTS) is 1. The Morgan fingerprint density at radius 1 is 1.64 bits per heavy atom. The molecule has 0 radical (unpaired) electrons. The van der Waals surface area contributed by atoms with E-state index in [0.29, 0.717) is 0 Å². The number of hydrogen-bond acceptors (Lipinski definition) is 2. The fourth-order valence-corrected chi connectivity index (χ4v) is 0.321. The Bertz CT molecular complexity index is 274. The van der Waals surface area contributed by atoms with Gasteiger partial charge in [0.2, 0.25) is 0 Å². The highest BCUT2D eigenvalue weighted by atomic mass is 16.4. The smallest absolute Gasteiger partial charge is 0.303 e. The largest absolute Gasteiger partial charge is 0.481 e. The van der Waals surface area contributed by atoms with Crippen molar-refractivity contribution < 1.29 is 16.8 Å². The number of nitrogens with one attached hydrogen (secondary N) is 1. The summed E-state index contributed by atoms with van der Waals surface area (Å²) in [7, 11) is 0. The molecule has 0 heterocycles. The average molecular weight is 164 g/mol. The third kappa shape index (κ3) is 9.43. The lowest BCUT2D eigenvalue weighted by Gasteiger charge is -2.19.